The first-order chi connectivity index (χ1) is 19.8. The number of benzene rings is 2. The number of ether oxygens (including phenoxy) is 5. The molecule has 0 saturated heterocycles. The van der Waals surface area contributed by atoms with Crippen molar-refractivity contribution >= 4 is 45.3 Å². The molecular formula is C29H29BrN2O8S. The number of thiazole rings is 1. The Morgan fingerprint density at radius 2 is 1.73 bits per heavy atom. The van der Waals surface area contributed by atoms with Crippen molar-refractivity contribution in [2.45, 2.75) is 26.8 Å². The van der Waals surface area contributed by atoms with Gasteiger partial charge in [-0.3, -0.25) is 9.36 Å². The van der Waals surface area contributed by atoms with E-state index in [0.717, 1.165) is 15.8 Å². The summed E-state index contributed by atoms with van der Waals surface area (Å²) < 4.78 is 29.7. The van der Waals surface area contributed by atoms with Crippen molar-refractivity contribution in [2.24, 2.45) is 4.99 Å². The summed E-state index contributed by atoms with van der Waals surface area (Å²) in [6, 6.07) is 9.71. The Morgan fingerprint density at radius 1 is 1.00 bits per heavy atom. The van der Waals surface area contributed by atoms with Crippen molar-refractivity contribution in [3.05, 3.63) is 83.5 Å². The van der Waals surface area contributed by atoms with Crippen molar-refractivity contribution < 1.29 is 33.3 Å². The predicted octanol–water partition coefficient (Wildman–Crippen LogP) is 3.52. The van der Waals surface area contributed by atoms with Gasteiger partial charge in [0, 0.05) is 16.2 Å². The van der Waals surface area contributed by atoms with Gasteiger partial charge in [-0.05, 0) is 62.7 Å². The number of carbonyl (C=O) groups is 2. The van der Waals surface area contributed by atoms with Crippen LogP contribution in [0.4, 0.5) is 0 Å². The van der Waals surface area contributed by atoms with Gasteiger partial charge >= 0.3 is 11.9 Å². The molecule has 4 rings (SSSR count). The molecule has 10 nitrogen and oxygen atoms in total. The minimum absolute atomic E-state index is 0.193. The average Bonchev–Trinajstić information content (AvgIpc) is 3.27. The molecule has 0 saturated carbocycles. The minimum Gasteiger partial charge on any atom is -0.490 e. The topological polar surface area (TPSA) is 115 Å². The maximum Gasteiger partial charge on any atom is 0.344 e. The fraction of sp³-hybridized carbons (Fsp3) is 0.310. The van der Waals surface area contributed by atoms with Gasteiger partial charge in [-0.1, -0.05) is 33.3 Å². The molecule has 0 radical (unpaired) electrons. The van der Waals surface area contributed by atoms with Crippen molar-refractivity contribution in [3.8, 4) is 17.2 Å². The molecule has 3 aromatic rings. The van der Waals surface area contributed by atoms with Crippen LogP contribution in [-0.2, 0) is 19.1 Å². The summed E-state index contributed by atoms with van der Waals surface area (Å²) in [6.45, 7) is 6.26. The molecule has 12 heteroatoms. The molecule has 2 aromatic carbocycles. The lowest BCUT2D eigenvalue weighted by atomic mass is 9.97. The van der Waals surface area contributed by atoms with Crippen LogP contribution < -0.4 is 29.1 Å². The Labute approximate surface area is 248 Å². The van der Waals surface area contributed by atoms with Gasteiger partial charge < -0.3 is 23.7 Å². The zero-order valence-electron chi connectivity index (χ0n) is 23.0. The molecule has 1 aliphatic rings. The van der Waals surface area contributed by atoms with E-state index in [2.05, 4.69) is 20.9 Å². The quantitative estimate of drug-likeness (QED) is 0.291. The zero-order chi connectivity index (χ0) is 29.5. The molecule has 1 atom stereocenters. The lowest BCUT2D eigenvalue weighted by Crippen LogP contribution is -2.39. The fourth-order valence-electron chi connectivity index (χ4n) is 4.23. The van der Waals surface area contributed by atoms with E-state index in [1.54, 1.807) is 49.4 Å². The number of rotatable bonds is 11. The number of hydrogen-bond donors (Lipinski definition) is 0. The Hall–Kier alpha value is -3.90. The molecule has 0 bridgehead atoms. The molecule has 0 fully saturated rings. The second kappa shape index (κ2) is 13.6. The van der Waals surface area contributed by atoms with Crippen LogP contribution in [-0.4, -0.2) is 50.0 Å². The van der Waals surface area contributed by atoms with Crippen molar-refractivity contribution in [2.75, 3.05) is 33.5 Å². The van der Waals surface area contributed by atoms with E-state index in [-0.39, 0.29) is 24.3 Å². The Balaban J connectivity index is 1.85. The molecule has 0 aliphatic carbocycles. The molecule has 0 unspecified atom stereocenters. The van der Waals surface area contributed by atoms with E-state index in [9.17, 15) is 14.4 Å². The van der Waals surface area contributed by atoms with Gasteiger partial charge in [0.15, 0.2) is 22.9 Å². The Bertz CT molecular complexity index is 1660. The van der Waals surface area contributed by atoms with Crippen LogP contribution in [0.1, 0.15) is 37.9 Å². The number of hydrogen-bond acceptors (Lipinski definition) is 10. The second-order valence-electron chi connectivity index (χ2n) is 8.52. The van der Waals surface area contributed by atoms with Crippen molar-refractivity contribution in [1.82, 2.24) is 4.57 Å². The summed E-state index contributed by atoms with van der Waals surface area (Å²) in [5.74, 6) is 0.331. The fourth-order valence-corrected chi connectivity index (χ4v) is 5.57. The highest BCUT2D eigenvalue weighted by Gasteiger charge is 2.31. The van der Waals surface area contributed by atoms with Gasteiger partial charge in [-0.2, -0.15) is 0 Å². The Morgan fingerprint density at radius 3 is 2.44 bits per heavy atom. The lowest BCUT2D eigenvalue weighted by molar-refractivity contribution is -0.145. The number of carbonyl (C=O) groups excluding carboxylic acids is 2. The molecule has 0 spiro atoms. The zero-order valence-corrected chi connectivity index (χ0v) is 25.4. The third-order valence-electron chi connectivity index (χ3n) is 5.92. The molecule has 0 N–H and O–H groups in total. The number of halogens is 1. The molecule has 0 amide bonds. The number of fused-ring (bicyclic) bond motifs is 1. The Kier molecular flexibility index (Phi) is 10.0. The maximum atomic E-state index is 13.9. The van der Waals surface area contributed by atoms with Gasteiger partial charge in [0.1, 0.15) is 5.75 Å². The summed E-state index contributed by atoms with van der Waals surface area (Å²) in [6.07, 6.45) is 3.09. The molecule has 2 heterocycles. The summed E-state index contributed by atoms with van der Waals surface area (Å²) >= 11 is 4.61. The number of methoxy groups -OCH3 is 1. The third-order valence-corrected chi connectivity index (χ3v) is 7.41. The lowest BCUT2D eigenvalue weighted by Gasteiger charge is -2.23. The van der Waals surface area contributed by atoms with Gasteiger partial charge in [0.2, 0.25) is 0 Å². The largest absolute Gasteiger partial charge is 0.490 e. The number of aromatic nitrogens is 1. The van der Waals surface area contributed by atoms with Crippen LogP contribution in [0, 0.1) is 0 Å². The van der Waals surface area contributed by atoms with E-state index in [0.29, 0.717) is 50.9 Å². The standard InChI is InChI=1S/C29H29BrN2O8S/c1-5-37-22-10-8-17(13-23(22)38-6-2)26-20(28(35)36-4)15-31-29-32(26)27(34)24(41-29)14-18-12-19(30)9-11-21(18)40-16-25(33)39-7-3/h8-15,26H,5-7,16H2,1-4H3/b24-14+/t26-/m1/s1. The molecule has 1 aromatic heterocycles. The van der Waals surface area contributed by atoms with Crippen LogP contribution in [0.25, 0.3) is 6.08 Å². The average molecular weight is 646 g/mol. The first kappa shape index (κ1) is 30.1. The van der Waals surface area contributed by atoms with E-state index in [1.165, 1.54) is 17.9 Å². The van der Waals surface area contributed by atoms with Gasteiger partial charge in [0.05, 0.1) is 43.1 Å². The van der Waals surface area contributed by atoms with Gasteiger partial charge in [0.25, 0.3) is 5.56 Å². The predicted molar refractivity (Wildman–Crippen MR) is 156 cm³/mol. The molecule has 216 valence electrons. The first-order valence-corrected chi connectivity index (χ1v) is 14.5. The van der Waals surface area contributed by atoms with E-state index in [1.807, 2.05) is 13.8 Å². The van der Waals surface area contributed by atoms with Crippen molar-refractivity contribution in [1.29, 1.82) is 0 Å². The van der Waals surface area contributed by atoms with Crippen LogP contribution in [0.15, 0.2) is 62.4 Å². The van der Waals surface area contributed by atoms with Crippen LogP contribution in [0.5, 0.6) is 17.2 Å². The smallest absolute Gasteiger partial charge is 0.344 e. The summed E-state index contributed by atoms with van der Waals surface area (Å²) in [5, 5.41) is 0. The number of nitrogens with zero attached hydrogens (tertiary/aromatic N) is 2. The summed E-state index contributed by atoms with van der Waals surface area (Å²) in [7, 11) is 1.28. The monoisotopic (exact) mass is 644 g/mol. The second-order valence-corrected chi connectivity index (χ2v) is 10.4. The highest BCUT2D eigenvalue weighted by molar-refractivity contribution is 9.10. The van der Waals surface area contributed by atoms with E-state index < -0.39 is 18.0 Å². The van der Waals surface area contributed by atoms with Crippen LogP contribution >= 0.6 is 27.3 Å². The molecule has 41 heavy (non-hydrogen) atoms. The number of esters is 2. The van der Waals surface area contributed by atoms with Gasteiger partial charge in [-0.25, -0.2) is 14.6 Å². The minimum atomic E-state index is -0.822. The third kappa shape index (κ3) is 6.71. The highest BCUT2D eigenvalue weighted by atomic mass is 79.9. The molecule has 1 aliphatic heterocycles. The van der Waals surface area contributed by atoms with Gasteiger partial charge in [-0.15, -0.1) is 0 Å². The highest BCUT2D eigenvalue weighted by Crippen LogP contribution is 2.35. The van der Waals surface area contributed by atoms with Crippen LogP contribution in [0.3, 0.4) is 0 Å². The van der Waals surface area contributed by atoms with E-state index >= 15 is 0 Å². The summed E-state index contributed by atoms with van der Waals surface area (Å²) in [4.78, 5) is 43.4. The maximum absolute atomic E-state index is 13.9. The van der Waals surface area contributed by atoms with Crippen molar-refractivity contribution in [3.63, 3.8) is 0 Å². The SMILES string of the molecule is CCOC(=O)COc1ccc(Br)cc1/C=c1/sc2n(c1=O)[C@H](c1ccc(OCC)c(OCC)c1)C(C(=O)OC)=CN=2. The van der Waals surface area contributed by atoms with Crippen LogP contribution in [0.2, 0.25) is 0 Å². The first-order valence-electron chi connectivity index (χ1n) is 12.9. The molecular weight excluding hydrogens is 616 g/mol. The summed E-state index contributed by atoms with van der Waals surface area (Å²) in [5.41, 5.74) is 1.02. The normalized spacial score (nSPS) is 14.4. The van der Waals surface area contributed by atoms with E-state index in [4.69, 9.17) is 23.7 Å².